The highest BCUT2D eigenvalue weighted by atomic mass is 31.2. The second-order valence-electron chi connectivity index (χ2n) is 6.08. The smallest absolute Gasteiger partial charge is 0.405 e. The highest BCUT2D eigenvalue weighted by Gasteiger charge is 2.29. The normalized spacial score (nSPS) is 12.6. The van der Waals surface area contributed by atoms with Gasteiger partial charge in [-0.25, -0.2) is 9.65 Å². The summed E-state index contributed by atoms with van der Waals surface area (Å²) in [4.78, 5) is 0. The van der Waals surface area contributed by atoms with Crippen LogP contribution in [0, 0.1) is 5.92 Å². The average Bonchev–Trinajstić information content (AvgIpc) is 2.63. The van der Waals surface area contributed by atoms with Gasteiger partial charge in [0.2, 0.25) is 0 Å². The summed E-state index contributed by atoms with van der Waals surface area (Å²) in [6.07, 6.45) is 4.47. The topological polar surface area (TPSA) is 47.6 Å². The Hall–Kier alpha value is -1.77. The van der Waals surface area contributed by atoms with Gasteiger partial charge in [0.1, 0.15) is 11.5 Å². The van der Waals surface area contributed by atoms with E-state index in [1.165, 1.54) is 6.42 Å². The number of rotatable bonds is 11. The Balaban J connectivity index is 2.09. The van der Waals surface area contributed by atoms with Gasteiger partial charge in [0, 0.05) is 6.54 Å². The molecule has 25 heavy (non-hydrogen) atoms. The van der Waals surface area contributed by atoms with Gasteiger partial charge in [-0.3, -0.25) is 0 Å². The molecule has 0 saturated heterocycles. The van der Waals surface area contributed by atoms with Gasteiger partial charge in [-0.1, -0.05) is 69.5 Å². The zero-order valence-corrected chi connectivity index (χ0v) is 16.0. The molecule has 0 bridgehead atoms. The van der Waals surface area contributed by atoms with Gasteiger partial charge in [-0.2, -0.15) is 0 Å². The first kappa shape index (κ1) is 19.6. The maximum atomic E-state index is 13.3. The molecule has 0 aliphatic heterocycles. The Labute approximate surface area is 151 Å². The summed E-state index contributed by atoms with van der Waals surface area (Å²) in [7, 11) is -3.51. The fraction of sp³-hybridized carbons (Fsp3) is 0.400. The molecule has 2 rings (SSSR count). The monoisotopic (exact) mass is 361 g/mol. The lowest BCUT2D eigenvalue weighted by atomic mass is 10.00. The molecule has 0 unspecified atom stereocenters. The van der Waals surface area contributed by atoms with Crippen LogP contribution in [0.25, 0.3) is 0 Å². The lowest BCUT2D eigenvalue weighted by molar-refractivity contribution is 0.356. The summed E-state index contributed by atoms with van der Waals surface area (Å²) in [6.45, 7) is 4.94. The molecule has 136 valence electrons. The molecule has 0 spiro atoms. The molecule has 0 aliphatic carbocycles. The van der Waals surface area contributed by atoms with Crippen molar-refractivity contribution in [2.75, 3.05) is 6.54 Å². The van der Waals surface area contributed by atoms with Crippen molar-refractivity contribution >= 4 is 7.75 Å². The van der Waals surface area contributed by atoms with Crippen LogP contribution in [-0.4, -0.2) is 6.54 Å². The molecule has 0 aliphatic rings. The molecule has 4 nitrogen and oxygen atoms in total. The average molecular weight is 361 g/mol. The second kappa shape index (κ2) is 10.3. The third kappa shape index (κ3) is 6.93. The molecule has 0 heterocycles. The third-order valence-corrected chi connectivity index (χ3v) is 5.53. The predicted molar refractivity (Wildman–Crippen MR) is 103 cm³/mol. The van der Waals surface area contributed by atoms with E-state index in [-0.39, 0.29) is 0 Å². The van der Waals surface area contributed by atoms with E-state index in [9.17, 15) is 4.57 Å². The van der Waals surface area contributed by atoms with Gasteiger partial charge >= 0.3 is 7.75 Å². The summed E-state index contributed by atoms with van der Waals surface area (Å²) in [5.41, 5.74) is 0. The van der Waals surface area contributed by atoms with E-state index in [1.54, 1.807) is 24.3 Å². The highest BCUT2D eigenvalue weighted by molar-refractivity contribution is 7.52. The van der Waals surface area contributed by atoms with Crippen molar-refractivity contribution < 1.29 is 13.6 Å². The molecule has 0 radical (unpaired) electrons. The molecular formula is C20H28NO3P. The zero-order chi connectivity index (χ0) is 18.0. The quantitative estimate of drug-likeness (QED) is 0.494. The Kier molecular flexibility index (Phi) is 8.03. The fourth-order valence-corrected chi connectivity index (χ4v) is 3.95. The van der Waals surface area contributed by atoms with Crippen LogP contribution in [0.5, 0.6) is 11.5 Å². The Bertz CT molecular complexity index is 603. The molecule has 0 saturated carbocycles. The lowest BCUT2D eigenvalue weighted by Gasteiger charge is -2.23. The van der Waals surface area contributed by atoms with Gasteiger partial charge in [-0.15, -0.1) is 0 Å². The number of hydrogen-bond donors (Lipinski definition) is 1. The molecule has 1 atom stereocenters. The maximum Gasteiger partial charge on any atom is 0.512 e. The van der Waals surface area contributed by atoms with Crippen molar-refractivity contribution in [3.8, 4) is 11.5 Å². The Morgan fingerprint density at radius 1 is 0.920 bits per heavy atom. The maximum absolute atomic E-state index is 13.3. The molecule has 1 N–H and O–H groups in total. The fourth-order valence-electron chi connectivity index (χ4n) is 2.51. The van der Waals surface area contributed by atoms with Crippen LogP contribution in [-0.2, 0) is 4.57 Å². The molecule has 2 aromatic rings. The first-order valence-electron chi connectivity index (χ1n) is 8.99. The van der Waals surface area contributed by atoms with Crippen LogP contribution in [0.4, 0.5) is 0 Å². The summed E-state index contributed by atoms with van der Waals surface area (Å²) in [5, 5.41) is 3.06. The molecule has 0 aromatic heterocycles. The number of nitrogens with one attached hydrogen (secondary N) is 1. The standard InChI is InChI=1S/C20H28NO3P/c1-3-5-12-18(4-2)17-21-25(22,23-19-13-8-6-9-14-19)24-20-15-10-7-11-16-20/h6-11,13-16,18H,3-5,12,17H2,1-2H3,(H,21,22)/t18-/m0/s1. The number of hydrogen-bond acceptors (Lipinski definition) is 3. The van der Waals surface area contributed by atoms with E-state index in [1.807, 2.05) is 36.4 Å². The van der Waals surface area contributed by atoms with E-state index >= 15 is 0 Å². The second-order valence-corrected chi connectivity index (χ2v) is 7.76. The molecule has 2 aromatic carbocycles. The van der Waals surface area contributed by atoms with Crippen molar-refractivity contribution in [3.05, 3.63) is 60.7 Å². The van der Waals surface area contributed by atoms with Crippen LogP contribution in [0.1, 0.15) is 39.5 Å². The van der Waals surface area contributed by atoms with Crippen molar-refractivity contribution in [1.29, 1.82) is 0 Å². The first-order chi connectivity index (χ1) is 12.1. The van der Waals surface area contributed by atoms with Gasteiger partial charge in [0.25, 0.3) is 0 Å². The third-order valence-electron chi connectivity index (χ3n) is 4.05. The van der Waals surface area contributed by atoms with Gasteiger partial charge in [0.05, 0.1) is 0 Å². The van der Waals surface area contributed by atoms with Gasteiger partial charge in [-0.05, 0) is 36.6 Å². The van der Waals surface area contributed by atoms with Crippen molar-refractivity contribution in [3.63, 3.8) is 0 Å². The van der Waals surface area contributed by atoms with Crippen LogP contribution in [0.2, 0.25) is 0 Å². The van der Waals surface area contributed by atoms with E-state index in [0.717, 1.165) is 19.3 Å². The van der Waals surface area contributed by atoms with Crippen molar-refractivity contribution in [2.45, 2.75) is 39.5 Å². The van der Waals surface area contributed by atoms with E-state index in [0.29, 0.717) is 24.0 Å². The van der Waals surface area contributed by atoms with Crippen molar-refractivity contribution in [2.24, 2.45) is 5.92 Å². The summed E-state index contributed by atoms with van der Waals surface area (Å²) < 4.78 is 24.7. The predicted octanol–water partition coefficient (Wildman–Crippen LogP) is 6.06. The van der Waals surface area contributed by atoms with E-state index in [2.05, 4.69) is 18.9 Å². The number of benzene rings is 2. The van der Waals surface area contributed by atoms with Gasteiger partial charge in [0.15, 0.2) is 0 Å². The van der Waals surface area contributed by atoms with E-state index < -0.39 is 7.75 Å². The van der Waals surface area contributed by atoms with Crippen LogP contribution < -0.4 is 14.1 Å². The first-order valence-corrected chi connectivity index (χ1v) is 10.5. The van der Waals surface area contributed by atoms with E-state index in [4.69, 9.17) is 9.05 Å². The van der Waals surface area contributed by atoms with Crippen LogP contribution in [0.3, 0.4) is 0 Å². The molecule has 5 heteroatoms. The highest BCUT2D eigenvalue weighted by Crippen LogP contribution is 2.44. The van der Waals surface area contributed by atoms with Crippen LogP contribution in [0.15, 0.2) is 60.7 Å². The summed E-state index contributed by atoms with van der Waals surface area (Å²) in [6, 6.07) is 18.3. The summed E-state index contributed by atoms with van der Waals surface area (Å²) in [5.74, 6) is 1.50. The minimum atomic E-state index is -3.51. The minimum absolute atomic E-state index is 0.451. The summed E-state index contributed by atoms with van der Waals surface area (Å²) >= 11 is 0. The largest absolute Gasteiger partial charge is 0.512 e. The molecular weight excluding hydrogens is 333 g/mol. The Morgan fingerprint density at radius 2 is 1.44 bits per heavy atom. The Morgan fingerprint density at radius 3 is 1.88 bits per heavy atom. The molecule has 0 amide bonds. The van der Waals surface area contributed by atoms with Crippen molar-refractivity contribution in [1.82, 2.24) is 5.09 Å². The number of para-hydroxylation sites is 2. The van der Waals surface area contributed by atoms with Crippen LogP contribution >= 0.6 is 7.75 Å². The SMILES string of the molecule is CCCC[C@H](CC)CNP(=O)(Oc1ccccc1)Oc1ccccc1. The zero-order valence-electron chi connectivity index (χ0n) is 15.1. The lowest BCUT2D eigenvalue weighted by Crippen LogP contribution is -2.25. The molecule has 0 fully saturated rings. The number of unbranched alkanes of at least 4 members (excludes halogenated alkanes) is 1. The van der Waals surface area contributed by atoms with Gasteiger partial charge < -0.3 is 9.05 Å². The minimum Gasteiger partial charge on any atom is -0.405 e.